The summed E-state index contributed by atoms with van der Waals surface area (Å²) in [4.78, 5) is 24.8. The summed E-state index contributed by atoms with van der Waals surface area (Å²) < 4.78 is 123. The molecule has 1 fully saturated rings. The van der Waals surface area contributed by atoms with Gasteiger partial charge >= 0.3 is 12.4 Å². The molecule has 1 aliphatic carbocycles. The normalized spacial score (nSPS) is 16.4. The molecule has 0 spiro atoms. The topological polar surface area (TPSA) is 58.2 Å². The zero-order chi connectivity index (χ0) is 30.3. The average molecular weight is 666 g/mol. The second kappa shape index (κ2) is 11.3. The number of hydrogen-bond acceptors (Lipinski definition) is 2. The molecule has 0 heterocycles. The summed E-state index contributed by atoms with van der Waals surface area (Å²) in [6.07, 6.45) is -9.79. The second-order valence-electron chi connectivity index (χ2n) is 9.21. The predicted molar refractivity (Wildman–Crippen MR) is 132 cm³/mol. The minimum absolute atomic E-state index is 0.0378. The number of carbonyl (C=O) groups excluding carboxylic acids is 2. The van der Waals surface area contributed by atoms with Crippen molar-refractivity contribution in [3.05, 3.63) is 74.2 Å². The lowest BCUT2D eigenvalue weighted by Gasteiger charge is -2.22. The lowest BCUT2D eigenvalue weighted by molar-refractivity contribution is -0.140. The average Bonchev–Trinajstić information content (AvgIpc) is 3.61. The number of allylic oxidation sites excluding steroid dienone is 1. The van der Waals surface area contributed by atoms with E-state index in [0.29, 0.717) is 23.5 Å². The smallest absolute Gasteiger partial charge is 0.345 e. The van der Waals surface area contributed by atoms with Crippen LogP contribution in [-0.4, -0.2) is 36.0 Å². The van der Waals surface area contributed by atoms with Crippen molar-refractivity contribution in [2.24, 2.45) is 0 Å². The van der Waals surface area contributed by atoms with Gasteiger partial charge in [0.25, 0.3) is 11.8 Å². The Morgan fingerprint density at radius 3 is 2.17 bits per heavy atom. The monoisotopic (exact) mass is 664 g/mol. The van der Waals surface area contributed by atoms with E-state index in [1.54, 1.807) is 5.32 Å². The third kappa shape index (κ3) is 7.71. The predicted octanol–water partition coefficient (Wildman–Crippen LogP) is 7.81. The Labute approximate surface area is 235 Å². The van der Waals surface area contributed by atoms with Crippen LogP contribution in [-0.2, 0) is 11.0 Å². The summed E-state index contributed by atoms with van der Waals surface area (Å²) in [5, 5.41) is 3.63. The molecule has 2 N–H and O–H groups in total. The van der Waals surface area contributed by atoms with Crippen LogP contribution in [0.25, 0.3) is 5.83 Å². The van der Waals surface area contributed by atoms with Crippen LogP contribution < -0.4 is 10.6 Å². The van der Waals surface area contributed by atoms with Gasteiger partial charge in [-0.05, 0) is 64.7 Å². The van der Waals surface area contributed by atoms with Crippen LogP contribution in [0.5, 0.6) is 0 Å². The molecule has 1 unspecified atom stereocenters. The molecule has 4 nitrogen and oxygen atoms in total. The Hall–Kier alpha value is -2.74. The number of amides is 2. The first kappa shape index (κ1) is 31.8. The van der Waals surface area contributed by atoms with Crippen molar-refractivity contribution < 1.29 is 49.1 Å². The Kier molecular flexibility index (Phi) is 8.95. The van der Waals surface area contributed by atoms with Crippen molar-refractivity contribution in [2.75, 3.05) is 6.54 Å². The van der Waals surface area contributed by atoms with Gasteiger partial charge in [0.15, 0.2) is 0 Å². The van der Waals surface area contributed by atoms with Crippen LogP contribution in [0.15, 0.2) is 46.9 Å². The summed E-state index contributed by atoms with van der Waals surface area (Å²) in [5.41, 5.74) is -5.42. The fourth-order valence-electron chi connectivity index (χ4n) is 3.78. The van der Waals surface area contributed by atoms with E-state index >= 15 is 4.39 Å². The third-order valence-electron chi connectivity index (χ3n) is 5.99. The number of hydrogen-bond donors (Lipinski definition) is 2. The summed E-state index contributed by atoms with van der Waals surface area (Å²) >= 11 is 9.03. The molecule has 1 saturated carbocycles. The molecule has 0 aromatic heterocycles. The summed E-state index contributed by atoms with van der Waals surface area (Å²) in [6.45, 7) is -1.22. The fraction of sp³-hybridized carbons (Fsp3) is 0.360. The lowest BCUT2D eigenvalue weighted by atomic mass is 9.91. The largest absolute Gasteiger partial charge is 0.417 e. The van der Waals surface area contributed by atoms with E-state index in [1.807, 2.05) is 5.32 Å². The Balaban J connectivity index is 1.94. The van der Waals surface area contributed by atoms with Gasteiger partial charge in [0.05, 0.1) is 22.1 Å². The van der Waals surface area contributed by atoms with E-state index in [0.717, 1.165) is 12.1 Å². The van der Waals surface area contributed by atoms with Crippen molar-refractivity contribution in [1.29, 1.82) is 0 Å². The zero-order valence-corrected chi connectivity index (χ0v) is 22.6. The number of alkyl halides is 8. The first-order chi connectivity index (χ1) is 18.2. The Morgan fingerprint density at radius 1 is 1.05 bits per heavy atom. The van der Waals surface area contributed by atoms with Crippen LogP contribution in [0.1, 0.15) is 52.7 Å². The van der Waals surface area contributed by atoms with Gasteiger partial charge in [0.1, 0.15) is 17.9 Å². The number of halogens is 11. The van der Waals surface area contributed by atoms with Gasteiger partial charge in [-0.1, -0.05) is 23.7 Å². The maximum Gasteiger partial charge on any atom is 0.417 e. The fourth-order valence-corrected chi connectivity index (χ4v) is 4.21. The standard InChI is InChI=1S/C25H19BrClF9N2O2/c1-22(29,30)15(12-3-5-17(26)18(27)9-12)10-19(28)13-2-4-14(16(8-13)25(34,35)36)20(39)38-23(6-7-23)21(40)37-11-24(31,32)33/h2-5,8-10,15H,6-7,11H2,1H3,(H,37,40)(H,38,39)/b19-10-. The molecule has 0 radical (unpaired) electrons. The molecule has 2 aromatic rings. The number of nitrogens with one attached hydrogen (secondary N) is 2. The van der Waals surface area contributed by atoms with E-state index < -0.39 is 70.6 Å². The third-order valence-corrected chi connectivity index (χ3v) is 7.23. The summed E-state index contributed by atoms with van der Waals surface area (Å²) in [6, 6.07) is 5.29. The molecule has 40 heavy (non-hydrogen) atoms. The van der Waals surface area contributed by atoms with Crippen LogP contribution >= 0.6 is 27.5 Å². The highest BCUT2D eigenvalue weighted by Crippen LogP contribution is 2.41. The Morgan fingerprint density at radius 2 is 1.68 bits per heavy atom. The Bertz CT molecular complexity index is 1330. The van der Waals surface area contributed by atoms with Gasteiger partial charge in [-0.25, -0.2) is 13.2 Å². The van der Waals surface area contributed by atoms with Crippen molar-refractivity contribution in [2.45, 2.75) is 49.5 Å². The minimum Gasteiger partial charge on any atom is -0.345 e. The van der Waals surface area contributed by atoms with Gasteiger partial charge in [-0.2, -0.15) is 26.3 Å². The molecule has 1 aliphatic rings. The van der Waals surface area contributed by atoms with Crippen molar-refractivity contribution >= 4 is 45.2 Å². The molecular formula is C25H19BrClF9N2O2. The van der Waals surface area contributed by atoms with Crippen LogP contribution in [0, 0.1) is 0 Å². The maximum atomic E-state index is 15.1. The van der Waals surface area contributed by atoms with Gasteiger partial charge in [-0.15, -0.1) is 0 Å². The first-order valence-electron chi connectivity index (χ1n) is 11.3. The zero-order valence-electron chi connectivity index (χ0n) is 20.2. The molecule has 218 valence electrons. The number of carbonyl (C=O) groups is 2. The van der Waals surface area contributed by atoms with E-state index in [-0.39, 0.29) is 29.5 Å². The van der Waals surface area contributed by atoms with Crippen molar-refractivity contribution in [3.8, 4) is 0 Å². The molecular weight excluding hydrogens is 647 g/mol. The van der Waals surface area contributed by atoms with Crippen LogP contribution in [0.2, 0.25) is 5.02 Å². The highest BCUT2D eigenvalue weighted by Gasteiger charge is 2.52. The highest BCUT2D eigenvalue weighted by molar-refractivity contribution is 9.10. The molecule has 15 heteroatoms. The molecule has 0 aliphatic heterocycles. The molecule has 3 rings (SSSR count). The molecule has 1 atom stereocenters. The van der Waals surface area contributed by atoms with Gasteiger partial charge < -0.3 is 10.6 Å². The first-order valence-corrected chi connectivity index (χ1v) is 12.5. The number of benzene rings is 2. The van der Waals surface area contributed by atoms with E-state index in [1.165, 1.54) is 12.1 Å². The minimum atomic E-state index is -5.23. The molecule has 2 amide bonds. The van der Waals surface area contributed by atoms with Crippen molar-refractivity contribution in [3.63, 3.8) is 0 Å². The highest BCUT2D eigenvalue weighted by atomic mass is 79.9. The maximum absolute atomic E-state index is 15.1. The van der Waals surface area contributed by atoms with Crippen LogP contribution in [0.3, 0.4) is 0 Å². The molecule has 0 saturated heterocycles. The van der Waals surface area contributed by atoms with Gasteiger partial charge in [-0.3, -0.25) is 9.59 Å². The molecule has 2 aromatic carbocycles. The quantitative estimate of drug-likeness (QED) is 0.283. The van der Waals surface area contributed by atoms with Gasteiger partial charge in [0, 0.05) is 17.0 Å². The van der Waals surface area contributed by atoms with E-state index in [9.17, 15) is 44.7 Å². The summed E-state index contributed by atoms with van der Waals surface area (Å²) in [5.74, 6) is -9.61. The second-order valence-corrected chi connectivity index (χ2v) is 10.5. The van der Waals surface area contributed by atoms with E-state index in [4.69, 9.17) is 11.6 Å². The van der Waals surface area contributed by atoms with E-state index in [2.05, 4.69) is 15.9 Å². The number of rotatable bonds is 8. The van der Waals surface area contributed by atoms with Crippen molar-refractivity contribution in [1.82, 2.24) is 10.6 Å². The SMILES string of the molecule is CC(F)(F)C(/C=C(\F)c1ccc(C(=O)NC2(C(=O)NCC(F)(F)F)CC2)c(C(F)(F)F)c1)c1ccc(Br)c(Cl)c1. The lowest BCUT2D eigenvalue weighted by Crippen LogP contribution is -2.51. The molecule has 0 bridgehead atoms. The summed E-state index contributed by atoms with van der Waals surface area (Å²) in [7, 11) is 0. The van der Waals surface area contributed by atoms with Crippen LogP contribution in [0.4, 0.5) is 39.5 Å². The van der Waals surface area contributed by atoms with Gasteiger partial charge in [0.2, 0.25) is 5.91 Å².